The molecule has 1 atom stereocenters. The van der Waals surface area contributed by atoms with Crippen molar-refractivity contribution in [2.45, 2.75) is 44.8 Å². The molecule has 3 N–H and O–H groups in total. The zero-order chi connectivity index (χ0) is 16.7. The maximum absolute atomic E-state index is 13.3. The summed E-state index contributed by atoms with van der Waals surface area (Å²) in [4.78, 5) is 13.9. The molecule has 0 radical (unpaired) electrons. The quantitative estimate of drug-likeness (QED) is 0.752. The normalized spacial score (nSPS) is 16.9. The number of nitrogens with one attached hydrogen (secondary N) is 2. The monoisotopic (exact) mass is 323 g/mol. The van der Waals surface area contributed by atoms with Gasteiger partial charge in [0.1, 0.15) is 5.82 Å². The van der Waals surface area contributed by atoms with Crippen molar-refractivity contribution < 1.29 is 14.3 Å². The SMILES string of the molecule is CCCC(O)CNC(=O)NC1CCN(c2cccc(F)c2)CC1. The minimum atomic E-state index is -0.486. The number of aliphatic hydroxyl groups excluding tert-OH is 1. The highest BCUT2D eigenvalue weighted by atomic mass is 19.1. The lowest BCUT2D eigenvalue weighted by Crippen LogP contribution is -2.49. The van der Waals surface area contributed by atoms with Crippen LogP contribution in [0.15, 0.2) is 24.3 Å². The molecular formula is C17H26FN3O2. The van der Waals surface area contributed by atoms with Gasteiger partial charge < -0.3 is 20.6 Å². The zero-order valence-electron chi connectivity index (χ0n) is 13.6. The van der Waals surface area contributed by atoms with Gasteiger partial charge in [0.05, 0.1) is 6.10 Å². The molecule has 1 aromatic rings. The maximum atomic E-state index is 13.3. The first-order valence-electron chi connectivity index (χ1n) is 8.31. The van der Waals surface area contributed by atoms with Gasteiger partial charge in [-0.25, -0.2) is 9.18 Å². The molecule has 2 amide bonds. The number of hydrogen-bond donors (Lipinski definition) is 3. The summed E-state index contributed by atoms with van der Waals surface area (Å²) in [5.41, 5.74) is 0.885. The summed E-state index contributed by atoms with van der Waals surface area (Å²) in [7, 11) is 0. The third-order valence-corrected chi connectivity index (χ3v) is 4.12. The fraction of sp³-hybridized carbons (Fsp3) is 0.588. The molecule has 0 aliphatic carbocycles. The van der Waals surface area contributed by atoms with Gasteiger partial charge in [-0.05, 0) is 37.5 Å². The molecule has 23 heavy (non-hydrogen) atoms. The summed E-state index contributed by atoms with van der Waals surface area (Å²) < 4.78 is 13.3. The largest absolute Gasteiger partial charge is 0.391 e. The summed E-state index contributed by atoms with van der Waals surface area (Å²) in [5.74, 6) is -0.229. The molecule has 2 rings (SSSR count). The molecular weight excluding hydrogens is 297 g/mol. The Morgan fingerprint density at radius 1 is 1.43 bits per heavy atom. The summed E-state index contributed by atoms with van der Waals surface area (Å²) >= 11 is 0. The lowest BCUT2D eigenvalue weighted by Gasteiger charge is -2.34. The van der Waals surface area contributed by atoms with E-state index < -0.39 is 6.10 Å². The third kappa shape index (κ3) is 5.71. The van der Waals surface area contributed by atoms with E-state index in [2.05, 4.69) is 15.5 Å². The highest BCUT2D eigenvalue weighted by Gasteiger charge is 2.21. The smallest absolute Gasteiger partial charge is 0.315 e. The number of benzene rings is 1. The van der Waals surface area contributed by atoms with E-state index in [0.717, 1.165) is 38.0 Å². The van der Waals surface area contributed by atoms with Crippen molar-refractivity contribution in [1.82, 2.24) is 10.6 Å². The number of rotatable bonds is 6. The molecule has 1 fully saturated rings. The molecule has 1 heterocycles. The van der Waals surface area contributed by atoms with Crippen molar-refractivity contribution in [3.8, 4) is 0 Å². The van der Waals surface area contributed by atoms with Gasteiger partial charge in [0.15, 0.2) is 0 Å². The molecule has 6 heteroatoms. The maximum Gasteiger partial charge on any atom is 0.315 e. The first-order chi connectivity index (χ1) is 11.1. The number of hydrogen-bond acceptors (Lipinski definition) is 3. The van der Waals surface area contributed by atoms with Crippen molar-refractivity contribution in [3.63, 3.8) is 0 Å². The Hall–Kier alpha value is -1.82. The first kappa shape index (κ1) is 17.5. The summed E-state index contributed by atoms with van der Waals surface area (Å²) in [6, 6.07) is 6.47. The van der Waals surface area contributed by atoms with E-state index in [4.69, 9.17) is 0 Å². The number of carbonyl (C=O) groups is 1. The van der Waals surface area contributed by atoms with Gasteiger partial charge in [-0.15, -0.1) is 0 Å². The van der Waals surface area contributed by atoms with Crippen molar-refractivity contribution in [2.75, 3.05) is 24.5 Å². The van der Waals surface area contributed by atoms with Crippen molar-refractivity contribution in [3.05, 3.63) is 30.1 Å². The number of piperidine rings is 1. The van der Waals surface area contributed by atoms with Crippen LogP contribution in [0.2, 0.25) is 0 Å². The fourth-order valence-corrected chi connectivity index (χ4v) is 2.84. The fourth-order valence-electron chi connectivity index (χ4n) is 2.84. The number of amides is 2. The predicted octanol–water partition coefficient (Wildman–Crippen LogP) is 2.25. The number of anilines is 1. The van der Waals surface area contributed by atoms with Crippen LogP contribution in [0.5, 0.6) is 0 Å². The molecule has 0 aromatic heterocycles. The van der Waals surface area contributed by atoms with Crippen LogP contribution in [0.4, 0.5) is 14.9 Å². The Kier molecular flexibility index (Phi) is 6.65. The number of aliphatic hydroxyl groups is 1. The van der Waals surface area contributed by atoms with Gasteiger partial charge in [-0.1, -0.05) is 19.4 Å². The van der Waals surface area contributed by atoms with E-state index in [9.17, 15) is 14.3 Å². The Morgan fingerprint density at radius 2 is 2.17 bits per heavy atom. The van der Waals surface area contributed by atoms with E-state index in [-0.39, 0.29) is 24.4 Å². The van der Waals surface area contributed by atoms with Gasteiger partial charge in [-0.3, -0.25) is 0 Å². The molecule has 128 valence electrons. The molecule has 0 bridgehead atoms. The van der Waals surface area contributed by atoms with E-state index in [0.29, 0.717) is 6.42 Å². The van der Waals surface area contributed by atoms with Gasteiger partial charge >= 0.3 is 6.03 Å². The lowest BCUT2D eigenvalue weighted by atomic mass is 10.0. The zero-order valence-corrected chi connectivity index (χ0v) is 13.6. The van der Waals surface area contributed by atoms with E-state index in [1.807, 2.05) is 13.0 Å². The molecule has 0 spiro atoms. The van der Waals surface area contributed by atoms with E-state index in [1.54, 1.807) is 6.07 Å². The molecule has 1 aliphatic heterocycles. The second-order valence-corrected chi connectivity index (χ2v) is 6.04. The van der Waals surface area contributed by atoms with Crippen molar-refractivity contribution in [1.29, 1.82) is 0 Å². The number of nitrogens with zero attached hydrogens (tertiary/aromatic N) is 1. The van der Waals surface area contributed by atoms with Crippen LogP contribution in [0.3, 0.4) is 0 Å². The van der Waals surface area contributed by atoms with E-state index >= 15 is 0 Å². The van der Waals surface area contributed by atoms with Crippen molar-refractivity contribution in [2.24, 2.45) is 0 Å². The first-order valence-corrected chi connectivity index (χ1v) is 8.31. The average molecular weight is 323 g/mol. The second-order valence-electron chi connectivity index (χ2n) is 6.04. The standard InChI is InChI=1S/C17H26FN3O2/c1-2-4-16(22)12-19-17(23)20-14-7-9-21(10-8-14)15-6-3-5-13(18)11-15/h3,5-6,11,14,16,22H,2,4,7-10,12H2,1H3,(H2,19,20,23). The van der Waals surface area contributed by atoms with Gasteiger partial charge in [-0.2, -0.15) is 0 Å². The molecule has 1 aliphatic rings. The molecule has 0 saturated carbocycles. The molecule has 5 nitrogen and oxygen atoms in total. The topological polar surface area (TPSA) is 64.6 Å². The number of halogens is 1. The van der Waals surface area contributed by atoms with Crippen molar-refractivity contribution >= 4 is 11.7 Å². The Labute approximate surface area is 136 Å². The predicted molar refractivity (Wildman–Crippen MR) is 89.1 cm³/mol. The van der Waals surface area contributed by atoms with Crippen LogP contribution in [-0.2, 0) is 0 Å². The van der Waals surface area contributed by atoms with Gasteiger partial charge in [0, 0.05) is 31.4 Å². The van der Waals surface area contributed by atoms with Gasteiger partial charge in [0.25, 0.3) is 0 Å². The summed E-state index contributed by atoms with van der Waals surface area (Å²) in [6.07, 6.45) is 2.73. The molecule has 1 saturated heterocycles. The number of urea groups is 1. The summed E-state index contributed by atoms with van der Waals surface area (Å²) in [5, 5.41) is 15.2. The Balaban J connectivity index is 1.71. The summed E-state index contributed by atoms with van der Waals surface area (Å²) in [6.45, 7) is 3.84. The number of carbonyl (C=O) groups excluding carboxylic acids is 1. The minimum Gasteiger partial charge on any atom is -0.391 e. The molecule has 1 unspecified atom stereocenters. The average Bonchev–Trinajstić information content (AvgIpc) is 2.54. The van der Waals surface area contributed by atoms with Gasteiger partial charge in [0.2, 0.25) is 0 Å². The Bertz CT molecular complexity index is 504. The van der Waals surface area contributed by atoms with Crippen LogP contribution < -0.4 is 15.5 Å². The highest BCUT2D eigenvalue weighted by Crippen LogP contribution is 2.20. The van der Waals surface area contributed by atoms with E-state index in [1.165, 1.54) is 12.1 Å². The third-order valence-electron chi connectivity index (χ3n) is 4.12. The van der Waals surface area contributed by atoms with Crippen LogP contribution in [0.1, 0.15) is 32.6 Å². The lowest BCUT2D eigenvalue weighted by molar-refractivity contribution is 0.159. The van der Waals surface area contributed by atoms with Crippen LogP contribution in [0.25, 0.3) is 0 Å². The minimum absolute atomic E-state index is 0.114. The van der Waals surface area contributed by atoms with Crippen LogP contribution in [0, 0.1) is 5.82 Å². The van der Waals surface area contributed by atoms with Crippen LogP contribution in [-0.4, -0.2) is 42.9 Å². The second kappa shape index (κ2) is 8.72. The molecule has 1 aromatic carbocycles. The highest BCUT2D eigenvalue weighted by molar-refractivity contribution is 5.74. The Morgan fingerprint density at radius 3 is 2.83 bits per heavy atom. The van der Waals surface area contributed by atoms with Crippen LogP contribution >= 0.6 is 0 Å².